The Hall–Kier alpha value is -12.9. The molecule has 16 aromatic carbocycles. The first-order valence-corrected chi connectivity index (χ1v) is 43.4. The van der Waals surface area contributed by atoms with Crippen LogP contribution in [0.5, 0.6) is 0 Å². The summed E-state index contributed by atoms with van der Waals surface area (Å²) in [6.07, 6.45) is 8.67. The molecule has 2 nitrogen and oxygen atoms in total. The van der Waals surface area contributed by atoms with Crippen molar-refractivity contribution >= 4 is 34.1 Å². The first kappa shape index (κ1) is 71.4. The van der Waals surface area contributed by atoms with Gasteiger partial charge < -0.3 is 9.80 Å². The van der Waals surface area contributed by atoms with Crippen molar-refractivity contribution in [3.8, 4) is 77.9 Å². The summed E-state index contributed by atoms with van der Waals surface area (Å²) in [5.74, 6) is 2.86. The average molecular weight is 1530 g/mol. The zero-order chi connectivity index (χ0) is 79.8. The highest BCUT2D eigenvalue weighted by atomic mass is 15.2. The Morgan fingerprint density at radius 1 is 0.218 bits per heavy atom. The predicted octanol–water partition coefficient (Wildman–Crippen LogP) is 30.4. The van der Waals surface area contributed by atoms with E-state index in [4.69, 9.17) is 0 Å². The van der Waals surface area contributed by atoms with Crippen LogP contribution < -0.4 is 9.80 Å². The van der Waals surface area contributed by atoms with E-state index in [-0.39, 0.29) is 10.8 Å². The lowest BCUT2D eigenvalue weighted by Gasteiger charge is -2.57. The molecule has 0 N–H and O–H groups in total. The number of anilines is 6. The zero-order valence-electron chi connectivity index (χ0n) is 69.0. The number of fused-ring (bicyclic) bond motifs is 19. The van der Waals surface area contributed by atoms with E-state index >= 15 is 0 Å². The van der Waals surface area contributed by atoms with Gasteiger partial charge in [-0.25, -0.2) is 0 Å². The van der Waals surface area contributed by atoms with Crippen LogP contribution in [0.1, 0.15) is 155 Å². The highest BCUT2D eigenvalue weighted by Crippen LogP contribution is 2.66. The number of rotatable bonds is 11. The molecule has 4 bridgehead atoms. The molecule has 9 aliphatic carbocycles. The smallest absolute Gasteiger partial charge is 0.0726 e. The Labute approximate surface area is 701 Å². The van der Waals surface area contributed by atoms with Gasteiger partial charge in [0.15, 0.2) is 0 Å². The first-order valence-electron chi connectivity index (χ1n) is 43.4. The van der Waals surface area contributed by atoms with E-state index in [1.165, 1.54) is 211 Å². The number of nitrogens with zero attached hydrogens (tertiary/aromatic N) is 2. The van der Waals surface area contributed by atoms with Gasteiger partial charge in [-0.2, -0.15) is 0 Å². The van der Waals surface area contributed by atoms with Crippen LogP contribution in [0, 0.1) is 38.5 Å². The van der Waals surface area contributed by atoms with Gasteiger partial charge in [0.05, 0.1) is 16.5 Å². The molecule has 25 rings (SSSR count). The maximum absolute atomic E-state index is 2.54. The molecule has 0 radical (unpaired) electrons. The van der Waals surface area contributed by atoms with Crippen LogP contribution in [0.3, 0.4) is 0 Å². The van der Waals surface area contributed by atoms with Gasteiger partial charge in [0, 0.05) is 44.8 Å². The minimum Gasteiger partial charge on any atom is -0.310 e. The van der Waals surface area contributed by atoms with Gasteiger partial charge >= 0.3 is 0 Å². The van der Waals surface area contributed by atoms with Crippen molar-refractivity contribution in [1.29, 1.82) is 0 Å². The first-order chi connectivity index (χ1) is 58.1. The predicted molar refractivity (Wildman–Crippen MR) is 496 cm³/mol. The summed E-state index contributed by atoms with van der Waals surface area (Å²) in [4.78, 5) is 5.02. The highest BCUT2D eigenvalue weighted by Gasteiger charge is 2.54. The van der Waals surface area contributed by atoms with Crippen molar-refractivity contribution < 1.29 is 0 Å². The van der Waals surface area contributed by atoms with Crippen LogP contribution in [0.25, 0.3) is 77.9 Å². The summed E-state index contributed by atoms with van der Waals surface area (Å²) in [6, 6.07) is 138. The van der Waals surface area contributed by atoms with Gasteiger partial charge in [0.25, 0.3) is 0 Å². The molecule has 2 heteroatoms. The minimum atomic E-state index is -0.492. The van der Waals surface area contributed by atoms with Crippen LogP contribution in [0.4, 0.5) is 34.1 Å². The lowest BCUT2D eigenvalue weighted by Crippen LogP contribution is -2.48. The molecule has 119 heavy (non-hydrogen) atoms. The van der Waals surface area contributed by atoms with Crippen LogP contribution in [0.15, 0.2) is 364 Å². The molecule has 0 unspecified atom stereocenters. The Kier molecular flexibility index (Phi) is 16.1. The molecule has 574 valence electrons. The molecule has 9 aliphatic rings. The van der Waals surface area contributed by atoms with Crippen LogP contribution in [-0.2, 0) is 27.1 Å². The maximum atomic E-state index is 2.54. The molecule has 1 spiro atoms. The van der Waals surface area contributed by atoms with Gasteiger partial charge in [0.1, 0.15) is 0 Å². The van der Waals surface area contributed by atoms with E-state index in [1.54, 1.807) is 5.56 Å². The third kappa shape index (κ3) is 10.7. The van der Waals surface area contributed by atoms with Gasteiger partial charge in [-0.3, -0.25) is 0 Å². The summed E-state index contributed by atoms with van der Waals surface area (Å²) in [6.45, 7) is 16.1. The van der Waals surface area contributed by atoms with E-state index in [1.807, 2.05) is 0 Å². The minimum absolute atomic E-state index is 0.0621. The Balaban J connectivity index is 0.000000142. The summed E-state index contributed by atoms with van der Waals surface area (Å²) in [7, 11) is 0. The number of benzene rings is 16. The standard InChI is InChI=1S/C64H55N.C53H41N/c1-39-13-25-52-53-26-14-40(2)30-60(53)64(59(52)29-39)58-12-8-6-9-50(58)54-27-23-49(35-61(54)64)65(48-24-28-57-55(34-48)51-10-5-7-11-56(51)62(57,3)4)47-21-17-45(18-22-47)44-15-19-46(20-16-44)63-36-41-31-42(37-63)33-43(32-41)38-63;1-36-26-28-37(29-27-36)42-20-12-15-25-51(42)54(40-30-32-45-43-21-10-13-23-47(43)52(2,3)49(45)34-40)41-31-33-46-44-22-11-14-24-48(44)53(50(46)35-41,38-16-6-4-7-17-38)39-18-8-5-9-19-39/h5-30,34-35,41-43H,31-33,36-38H2,1-4H3;4-35H,1-3H3. The topological polar surface area (TPSA) is 6.48 Å². The Bertz CT molecular complexity index is 6660. The second-order valence-electron chi connectivity index (χ2n) is 37.1. The van der Waals surface area contributed by atoms with Gasteiger partial charge in [0.2, 0.25) is 0 Å². The second-order valence-corrected chi connectivity index (χ2v) is 37.1. The monoisotopic (exact) mass is 1530 g/mol. The summed E-state index contributed by atoms with van der Waals surface area (Å²) < 4.78 is 0. The molecule has 0 atom stereocenters. The zero-order valence-corrected chi connectivity index (χ0v) is 69.0. The maximum Gasteiger partial charge on any atom is 0.0726 e. The van der Waals surface area contributed by atoms with Gasteiger partial charge in [-0.15, -0.1) is 0 Å². The normalized spacial score (nSPS) is 18.7. The lowest BCUT2D eigenvalue weighted by atomic mass is 9.48. The second kappa shape index (κ2) is 26.8. The molecule has 4 saturated carbocycles. The van der Waals surface area contributed by atoms with E-state index in [0.717, 1.165) is 40.5 Å². The molecular formula is C117H96N2. The van der Waals surface area contributed by atoms with Crippen molar-refractivity contribution in [3.63, 3.8) is 0 Å². The van der Waals surface area contributed by atoms with Crippen molar-refractivity contribution in [3.05, 3.63) is 453 Å². The summed E-state index contributed by atoms with van der Waals surface area (Å²) in [5.41, 5.74) is 46.1. The van der Waals surface area contributed by atoms with Crippen molar-refractivity contribution in [1.82, 2.24) is 0 Å². The fourth-order valence-electron chi connectivity index (χ4n) is 24.6. The fraction of sp³-hybridized carbons (Fsp3) is 0.179. The fourth-order valence-corrected chi connectivity index (χ4v) is 24.6. The third-order valence-electron chi connectivity index (χ3n) is 29.6. The van der Waals surface area contributed by atoms with E-state index in [2.05, 4.69) is 422 Å². The summed E-state index contributed by atoms with van der Waals surface area (Å²) >= 11 is 0. The Morgan fingerprint density at radius 3 is 1.08 bits per heavy atom. The Morgan fingerprint density at radius 2 is 0.555 bits per heavy atom. The lowest BCUT2D eigenvalue weighted by molar-refractivity contribution is -0.00518. The molecule has 0 saturated heterocycles. The van der Waals surface area contributed by atoms with Crippen LogP contribution >= 0.6 is 0 Å². The summed E-state index contributed by atoms with van der Waals surface area (Å²) in [5, 5.41) is 0. The van der Waals surface area contributed by atoms with Crippen LogP contribution in [-0.4, -0.2) is 0 Å². The molecule has 4 fully saturated rings. The van der Waals surface area contributed by atoms with Gasteiger partial charge in [-0.1, -0.05) is 342 Å². The van der Waals surface area contributed by atoms with Crippen molar-refractivity contribution in [2.75, 3.05) is 9.80 Å². The van der Waals surface area contributed by atoms with E-state index < -0.39 is 10.8 Å². The number of hydrogen-bond donors (Lipinski definition) is 0. The number of para-hydroxylation sites is 1. The molecular weight excluding hydrogens is 1430 g/mol. The third-order valence-corrected chi connectivity index (χ3v) is 29.6. The highest BCUT2D eigenvalue weighted by molar-refractivity contribution is 5.99. The SMILES string of the molecule is Cc1ccc(-c2ccccc2N(c2ccc3c(c2)C(C)(C)c2ccccc2-3)c2ccc3c(c2)C(c2ccccc2)(c2ccccc2)c2ccccc2-3)cc1.Cc1ccc2c(c1)C1(c3ccccc3-c3ccc(N(c4ccc(-c5ccc(C67CC8CC(CC(C8)C6)C7)cc5)cc4)c4ccc5c(c4)-c4ccccc4C5(C)C)cc31)c1cc(C)ccc1-2. The van der Waals surface area contributed by atoms with E-state index in [0.29, 0.717) is 5.41 Å². The van der Waals surface area contributed by atoms with Gasteiger partial charge in [-0.05, 0) is 294 Å². The van der Waals surface area contributed by atoms with Crippen molar-refractivity contribution in [2.24, 2.45) is 17.8 Å². The molecule has 0 heterocycles. The molecule has 0 aliphatic heterocycles. The van der Waals surface area contributed by atoms with E-state index in [9.17, 15) is 0 Å². The molecule has 0 amide bonds. The molecule has 0 aromatic heterocycles. The average Bonchev–Trinajstić information content (AvgIpc) is 1.51. The number of aryl methyl sites for hydroxylation is 3. The van der Waals surface area contributed by atoms with Crippen LogP contribution in [0.2, 0.25) is 0 Å². The molecule has 16 aromatic rings. The van der Waals surface area contributed by atoms with Crippen molar-refractivity contribution in [2.45, 2.75) is 114 Å². The quantitative estimate of drug-likeness (QED) is 0.127. The largest absolute Gasteiger partial charge is 0.310 e. The number of hydrogen-bond acceptors (Lipinski definition) is 2.